The van der Waals surface area contributed by atoms with Gasteiger partial charge in [-0.2, -0.15) is 0 Å². The third-order valence-electron chi connectivity index (χ3n) is 8.77. The Morgan fingerprint density at radius 3 is 2.47 bits per heavy atom. The second-order valence-corrected chi connectivity index (χ2v) is 14.4. The highest BCUT2D eigenvalue weighted by molar-refractivity contribution is 14.1. The topological polar surface area (TPSA) is 80.5 Å². The van der Waals surface area contributed by atoms with Gasteiger partial charge in [0.25, 0.3) is 5.91 Å². The van der Waals surface area contributed by atoms with Gasteiger partial charge in [0.05, 0.1) is 24.5 Å². The number of anilines is 1. The molecular weight excluding hydrogens is 773 g/mol. The Labute approximate surface area is 278 Å². The summed E-state index contributed by atoms with van der Waals surface area (Å²) in [5, 5.41) is 19.2. The highest BCUT2D eigenvalue weighted by atomic mass is 127. The molecule has 224 valence electrons. The standard InChI is InChI=1S/C33H33FI2N4O3/c1-20-29(32(2,3)34)28(15-16-39-19-26(37-38-39)30(41)22-7-5-4-6-8-22)43-33(20)25-17-24(36)13-14-27(25)40(31(33)42)18-21-9-11-23(35)12-10-21/h4-14,17,19-20,28-30,41H,15-16,18H2,1-3H3/t20-,28+,29-,30+,33+/m0/s1. The molecule has 0 unspecified atom stereocenters. The van der Waals surface area contributed by atoms with Crippen LogP contribution in [0.25, 0.3) is 0 Å². The molecule has 10 heteroatoms. The lowest BCUT2D eigenvalue weighted by molar-refractivity contribution is -0.146. The van der Waals surface area contributed by atoms with E-state index in [0.29, 0.717) is 25.2 Å². The number of halogens is 3. The van der Waals surface area contributed by atoms with Crippen LogP contribution in [-0.2, 0) is 28.2 Å². The molecule has 1 fully saturated rings. The first kappa shape index (κ1) is 30.6. The number of aliphatic hydroxyl groups excluding tert-OH is 1. The van der Waals surface area contributed by atoms with Crippen LogP contribution in [0.2, 0.25) is 0 Å². The fraction of sp³-hybridized carbons (Fsp3) is 0.364. The zero-order valence-electron chi connectivity index (χ0n) is 24.1. The van der Waals surface area contributed by atoms with Gasteiger partial charge in [0.1, 0.15) is 17.5 Å². The Morgan fingerprint density at radius 1 is 1.07 bits per heavy atom. The minimum atomic E-state index is -1.60. The van der Waals surface area contributed by atoms with Gasteiger partial charge in [-0.1, -0.05) is 54.6 Å². The van der Waals surface area contributed by atoms with Gasteiger partial charge in [0.2, 0.25) is 0 Å². The number of hydrogen-bond acceptors (Lipinski definition) is 5. The summed E-state index contributed by atoms with van der Waals surface area (Å²) in [4.78, 5) is 16.3. The maximum absolute atomic E-state index is 16.0. The van der Waals surface area contributed by atoms with Crippen molar-refractivity contribution in [1.29, 1.82) is 0 Å². The molecule has 43 heavy (non-hydrogen) atoms. The lowest BCUT2D eigenvalue weighted by atomic mass is 9.71. The number of aryl methyl sites for hydroxylation is 1. The van der Waals surface area contributed by atoms with E-state index in [-0.39, 0.29) is 5.91 Å². The van der Waals surface area contributed by atoms with Crippen molar-refractivity contribution in [3.8, 4) is 0 Å². The molecule has 1 saturated heterocycles. The Balaban J connectivity index is 1.29. The van der Waals surface area contributed by atoms with E-state index in [4.69, 9.17) is 4.74 Å². The van der Waals surface area contributed by atoms with Crippen molar-refractivity contribution in [2.45, 2.75) is 63.8 Å². The third kappa shape index (κ3) is 5.64. The van der Waals surface area contributed by atoms with E-state index in [1.807, 2.05) is 79.7 Å². The summed E-state index contributed by atoms with van der Waals surface area (Å²) >= 11 is 4.52. The van der Waals surface area contributed by atoms with Crippen LogP contribution >= 0.6 is 45.2 Å². The van der Waals surface area contributed by atoms with Crippen molar-refractivity contribution in [2.24, 2.45) is 11.8 Å². The average molecular weight is 806 g/mol. The van der Waals surface area contributed by atoms with Crippen LogP contribution in [0, 0.1) is 19.0 Å². The van der Waals surface area contributed by atoms with Gasteiger partial charge < -0.3 is 14.7 Å². The number of carbonyl (C=O) groups is 1. The number of alkyl halides is 1. The largest absolute Gasteiger partial charge is 0.382 e. The molecule has 1 aromatic heterocycles. The summed E-state index contributed by atoms with van der Waals surface area (Å²) < 4.78 is 26.6. The number of nitrogens with zero attached hydrogens (tertiary/aromatic N) is 4. The van der Waals surface area contributed by atoms with Gasteiger partial charge >= 0.3 is 0 Å². The molecule has 2 aliphatic heterocycles. The van der Waals surface area contributed by atoms with Gasteiger partial charge in [0, 0.05) is 31.1 Å². The molecule has 3 heterocycles. The average Bonchev–Trinajstić information content (AvgIpc) is 3.64. The maximum Gasteiger partial charge on any atom is 0.264 e. The number of ether oxygens (including phenoxy) is 1. The summed E-state index contributed by atoms with van der Waals surface area (Å²) in [6.45, 7) is 5.90. The summed E-state index contributed by atoms with van der Waals surface area (Å²) in [5.74, 6) is -1.12. The summed E-state index contributed by atoms with van der Waals surface area (Å²) in [6, 6.07) is 23.4. The highest BCUT2D eigenvalue weighted by Crippen LogP contribution is 2.58. The van der Waals surface area contributed by atoms with Crippen molar-refractivity contribution in [3.05, 3.63) is 109 Å². The van der Waals surface area contributed by atoms with Crippen LogP contribution in [0.4, 0.5) is 10.1 Å². The minimum absolute atomic E-state index is 0.152. The van der Waals surface area contributed by atoms with Gasteiger partial charge in [-0.05, 0) is 107 Å². The number of amides is 1. The molecule has 7 nitrogen and oxygen atoms in total. The molecule has 0 radical (unpaired) electrons. The lowest BCUT2D eigenvalue weighted by Crippen LogP contribution is -2.45. The molecule has 3 aromatic carbocycles. The second kappa shape index (κ2) is 11.8. The molecule has 1 N–H and O–H groups in total. The first-order valence-corrected chi connectivity index (χ1v) is 16.5. The van der Waals surface area contributed by atoms with Crippen molar-refractivity contribution in [2.75, 3.05) is 4.90 Å². The second-order valence-electron chi connectivity index (χ2n) is 12.0. The van der Waals surface area contributed by atoms with Gasteiger partial charge in [-0.3, -0.25) is 9.48 Å². The zero-order chi connectivity index (χ0) is 30.5. The number of rotatable bonds is 8. The molecule has 5 atom stereocenters. The molecule has 0 saturated carbocycles. The Morgan fingerprint density at radius 2 is 1.77 bits per heavy atom. The fourth-order valence-electron chi connectivity index (χ4n) is 6.83. The number of aliphatic hydroxyl groups is 1. The van der Waals surface area contributed by atoms with Crippen molar-refractivity contribution < 1.29 is 19.0 Å². The number of benzene rings is 3. The number of fused-ring (bicyclic) bond motifs is 2. The maximum atomic E-state index is 16.0. The lowest BCUT2D eigenvalue weighted by Gasteiger charge is -2.32. The predicted octanol–water partition coefficient (Wildman–Crippen LogP) is 6.80. The molecule has 0 bridgehead atoms. The SMILES string of the molecule is C[C@H]1[C@H](C(C)(C)F)[C@@H](CCn2cc([C@H](O)c3ccccc3)nn2)O[C@]12C(=O)N(Cc1ccc(I)cc1)c1ccc(I)cc12. The van der Waals surface area contributed by atoms with Gasteiger partial charge in [0.15, 0.2) is 5.60 Å². The van der Waals surface area contributed by atoms with Crippen molar-refractivity contribution in [3.63, 3.8) is 0 Å². The first-order valence-electron chi connectivity index (χ1n) is 14.3. The zero-order valence-corrected chi connectivity index (χ0v) is 28.4. The Kier molecular flexibility index (Phi) is 8.42. The van der Waals surface area contributed by atoms with Crippen LogP contribution in [0.15, 0.2) is 79.0 Å². The van der Waals surface area contributed by atoms with Crippen LogP contribution in [0.5, 0.6) is 0 Å². The quantitative estimate of drug-likeness (QED) is 0.199. The molecule has 0 aliphatic carbocycles. The van der Waals surface area contributed by atoms with Crippen LogP contribution in [0.3, 0.4) is 0 Å². The normalized spacial score (nSPS) is 24.1. The highest BCUT2D eigenvalue weighted by Gasteiger charge is 2.66. The van der Waals surface area contributed by atoms with Gasteiger partial charge in [-0.25, -0.2) is 4.39 Å². The van der Waals surface area contributed by atoms with Crippen molar-refractivity contribution in [1.82, 2.24) is 15.0 Å². The third-order valence-corrected chi connectivity index (χ3v) is 10.2. The number of aromatic nitrogens is 3. The van der Waals surface area contributed by atoms with E-state index in [0.717, 1.165) is 29.5 Å². The summed E-state index contributed by atoms with van der Waals surface area (Å²) in [7, 11) is 0. The van der Waals surface area contributed by atoms with Crippen molar-refractivity contribution >= 4 is 56.8 Å². The summed E-state index contributed by atoms with van der Waals surface area (Å²) in [5.41, 5.74) is 0.889. The smallest absolute Gasteiger partial charge is 0.264 e. The molecule has 2 aliphatic rings. The minimum Gasteiger partial charge on any atom is -0.382 e. The predicted molar refractivity (Wildman–Crippen MR) is 179 cm³/mol. The van der Waals surface area contributed by atoms with E-state index in [1.54, 1.807) is 29.6 Å². The van der Waals surface area contributed by atoms with E-state index in [2.05, 4.69) is 55.5 Å². The van der Waals surface area contributed by atoms with E-state index in [1.165, 1.54) is 0 Å². The number of hydrogen-bond donors (Lipinski definition) is 1. The molecular formula is C33H33FI2N4O3. The van der Waals surface area contributed by atoms with E-state index < -0.39 is 35.3 Å². The van der Waals surface area contributed by atoms with E-state index in [9.17, 15) is 9.90 Å². The van der Waals surface area contributed by atoms with Crippen LogP contribution in [0.1, 0.15) is 55.7 Å². The number of carbonyl (C=O) groups excluding carboxylic acids is 1. The first-order chi connectivity index (χ1) is 20.5. The Hall–Kier alpha value is -2.42. The Bertz CT molecular complexity index is 1630. The monoisotopic (exact) mass is 806 g/mol. The fourth-order valence-corrected chi connectivity index (χ4v) is 7.68. The molecule has 1 amide bonds. The van der Waals surface area contributed by atoms with E-state index >= 15 is 4.39 Å². The summed E-state index contributed by atoms with van der Waals surface area (Å²) in [6.07, 6.45) is 0.697. The van der Waals surface area contributed by atoms with Crippen LogP contribution in [-0.4, -0.2) is 37.8 Å². The molecule has 6 rings (SSSR count). The van der Waals surface area contributed by atoms with Gasteiger partial charge in [-0.15, -0.1) is 5.10 Å². The molecule has 1 spiro atoms. The van der Waals surface area contributed by atoms with Crippen LogP contribution < -0.4 is 4.90 Å². The molecule has 4 aromatic rings.